The highest BCUT2D eigenvalue weighted by Gasteiger charge is 2.06. The highest BCUT2D eigenvalue weighted by atomic mass is 16.5. The molecule has 1 aromatic rings. The van der Waals surface area contributed by atoms with Gasteiger partial charge in [0.15, 0.2) is 0 Å². The summed E-state index contributed by atoms with van der Waals surface area (Å²) in [5.74, 6) is -0.357. The van der Waals surface area contributed by atoms with Gasteiger partial charge in [-0.3, -0.25) is 4.90 Å². The third-order valence-corrected chi connectivity index (χ3v) is 2.97. The van der Waals surface area contributed by atoms with Gasteiger partial charge in [0.05, 0.1) is 13.7 Å². The number of hydrogen-bond acceptors (Lipinski definition) is 4. The van der Waals surface area contributed by atoms with Crippen LogP contribution in [0.5, 0.6) is 5.75 Å². The summed E-state index contributed by atoms with van der Waals surface area (Å²) in [6.45, 7) is 4.31. The monoisotopic (exact) mass is 279 g/mol. The molecule has 0 heterocycles. The maximum Gasteiger partial charge on any atom is 0.328 e. The Labute approximate surface area is 119 Å². The number of ether oxygens (including phenoxy) is 1. The second kappa shape index (κ2) is 8.35. The third-order valence-electron chi connectivity index (χ3n) is 2.97. The molecule has 1 aromatic carbocycles. The van der Waals surface area contributed by atoms with Crippen LogP contribution in [-0.4, -0.2) is 47.9 Å². The van der Waals surface area contributed by atoms with Gasteiger partial charge in [-0.2, -0.15) is 0 Å². The molecule has 0 aliphatic heterocycles. The molecule has 0 unspecified atom stereocenters. The average molecular weight is 279 g/mol. The van der Waals surface area contributed by atoms with Crippen molar-refractivity contribution in [3.63, 3.8) is 0 Å². The maximum atomic E-state index is 10.6. The summed E-state index contributed by atoms with van der Waals surface area (Å²) < 4.78 is 5.21. The number of carboxylic acids is 1. The van der Waals surface area contributed by atoms with Crippen LogP contribution in [0.25, 0.3) is 6.08 Å². The summed E-state index contributed by atoms with van der Waals surface area (Å²) in [6.07, 6.45) is 2.61. The van der Waals surface area contributed by atoms with E-state index < -0.39 is 5.97 Å². The van der Waals surface area contributed by atoms with Gasteiger partial charge in [0.2, 0.25) is 0 Å². The Morgan fingerprint density at radius 3 is 2.75 bits per heavy atom. The van der Waals surface area contributed by atoms with E-state index >= 15 is 0 Å². The molecule has 20 heavy (non-hydrogen) atoms. The van der Waals surface area contributed by atoms with E-state index in [2.05, 4.69) is 4.90 Å². The van der Waals surface area contributed by atoms with Crippen LogP contribution in [0.1, 0.15) is 18.1 Å². The lowest BCUT2D eigenvalue weighted by Crippen LogP contribution is -2.26. The first-order chi connectivity index (χ1) is 9.60. The van der Waals surface area contributed by atoms with Gasteiger partial charge in [-0.1, -0.05) is 13.0 Å². The van der Waals surface area contributed by atoms with Gasteiger partial charge in [0.25, 0.3) is 0 Å². The summed E-state index contributed by atoms with van der Waals surface area (Å²) in [4.78, 5) is 12.7. The number of rotatable bonds is 8. The molecule has 0 fully saturated rings. The number of aliphatic hydroxyl groups is 1. The maximum absolute atomic E-state index is 10.6. The first-order valence-corrected chi connectivity index (χ1v) is 6.51. The molecule has 5 heteroatoms. The zero-order chi connectivity index (χ0) is 15.0. The number of carbonyl (C=O) groups is 1. The van der Waals surface area contributed by atoms with Gasteiger partial charge in [-0.05, 0) is 30.3 Å². The van der Waals surface area contributed by atoms with Gasteiger partial charge < -0.3 is 14.9 Å². The molecule has 0 aliphatic carbocycles. The average Bonchev–Trinajstić information content (AvgIpc) is 2.44. The van der Waals surface area contributed by atoms with Crippen molar-refractivity contribution < 1.29 is 19.7 Å². The van der Waals surface area contributed by atoms with E-state index in [1.165, 1.54) is 6.08 Å². The van der Waals surface area contributed by atoms with Crippen molar-refractivity contribution in [3.05, 3.63) is 35.4 Å². The second-order valence-corrected chi connectivity index (χ2v) is 4.34. The summed E-state index contributed by atoms with van der Waals surface area (Å²) in [7, 11) is 1.55. The zero-order valence-corrected chi connectivity index (χ0v) is 11.9. The van der Waals surface area contributed by atoms with E-state index in [1.807, 2.05) is 25.1 Å². The zero-order valence-electron chi connectivity index (χ0n) is 11.9. The lowest BCUT2D eigenvalue weighted by atomic mass is 10.1. The summed E-state index contributed by atoms with van der Waals surface area (Å²) in [5, 5.41) is 17.7. The van der Waals surface area contributed by atoms with E-state index in [-0.39, 0.29) is 6.61 Å². The van der Waals surface area contributed by atoms with Gasteiger partial charge in [0.1, 0.15) is 5.75 Å². The van der Waals surface area contributed by atoms with Crippen LogP contribution in [0.3, 0.4) is 0 Å². The number of aliphatic carboxylic acids is 1. The van der Waals surface area contributed by atoms with Crippen LogP contribution in [0.2, 0.25) is 0 Å². The van der Waals surface area contributed by atoms with Crippen LogP contribution < -0.4 is 4.74 Å². The first kappa shape index (κ1) is 16.2. The van der Waals surface area contributed by atoms with Crippen molar-refractivity contribution >= 4 is 12.0 Å². The van der Waals surface area contributed by atoms with Crippen molar-refractivity contribution in [1.82, 2.24) is 4.90 Å². The number of aliphatic hydroxyl groups excluding tert-OH is 1. The van der Waals surface area contributed by atoms with Crippen LogP contribution in [0, 0.1) is 0 Å². The lowest BCUT2D eigenvalue weighted by Gasteiger charge is -2.19. The van der Waals surface area contributed by atoms with Gasteiger partial charge >= 0.3 is 5.97 Å². The number of nitrogens with zero attached hydrogens (tertiary/aromatic N) is 1. The Bertz CT molecular complexity index is 471. The first-order valence-electron chi connectivity index (χ1n) is 6.51. The van der Waals surface area contributed by atoms with Crippen LogP contribution in [-0.2, 0) is 11.3 Å². The van der Waals surface area contributed by atoms with Crippen molar-refractivity contribution in [2.75, 3.05) is 26.8 Å². The van der Waals surface area contributed by atoms with E-state index in [1.54, 1.807) is 7.11 Å². The minimum atomic E-state index is -0.993. The summed E-state index contributed by atoms with van der Waals surface area (Å²) in [6, 6.07) is 5.67. The molecule has 0 aliphatic rings. The fourth-order valence-corrected chi connectivity index (χ4v) is 1.92. The highest BCUT2D eigenvalue weighted by Crippen LogP contribution is 2.22. The molecule has 0 amide bonds. The molecule has 0 atom stereocenters. The molecular formula is C15H21NO4. The number of methoxy groups -OCH3 is 1. The highest BCUT2D eigenvalue weighted by molar-refractivity contribution is 5.85. The quantitative estimate of drug-likeness (QED) is 0.707. The van der Waals surface area contributed by atoms with Gasteiger partial charge in [-0.25, -0.2) is 4.79 Å². The molecule has 0 saturated carbocycles. The fourth-order valence-electron chi connectivity index (χ4n) is 1.92. The Hall–Kier alpha value is -1.85. The Morgan fingerprint density at radius 1 is 1.45 bits per heavy atom. The van der Waals surface area contributed by atoms with Gasteiger partial charge in [0, 0.05) is 24.7 Å². The standard InChI is InChI=1S/C15H21NO4/c1-3-16(8-9-17)11-12-4-6-14(20-2)13(10-12)5-7-15(18)19/h4-7,10,17H,3,8-9,11H2,1-2H3,(H,18,19). The van der Waals surface area contributed by atoms with Gasteiger partial charge in [-0.15, -0.1) is 0 Å². The molecule has 1 rings (SSSR count). The smallest absolute Gasteiger partial charge is 0.328 e. The minimum Gasteiger partial charge on any atom is -0.496 e. The van der Waals surface area contributed by atoms with E-state index in [4.69, 9.17) is 14.9 Å². The van der Waals surface area contributed by atoms with E-state index in [0.717, 1.165) is 23.7 Å². The van der Waals surface area contributed by atoms with Crippen LogP contribution >= 0.6 is 0 Å². The fraction of sp³-hybridized carbons (Fsp3) is 0.400. The Kier molecular flexibility index (Phi) is 6.76. The number of hydrogen-bond donors (Lipinski definition) is 2. The molecule has 0 radical (unpaired) electrons. The van der Waals surface area contributed by atoms with Crippen LogP contribution in [0.15, 0.2) is 24.3 Å². The molecule has 0 spiro atoms. The Morgan fingerprint density at radius 2 is 2.20 bits per heavy atom. The predicted molar refractivity (Wildman–Crippen MR) is 77.7 cm³/mol. The van der Waals surface area contributed by atoms with Crippen molar-refractivity contribution in [2.45, 2.75) is 13.5 Å². The molecular weight excluding hydrogens is 258 g/mol. The molecule has 0 saturated heterocycles. The summed E-state index contributed by atoms with van der Waals surface area (Å²) >= 11 is 0. The van der Waals surface area contributed by atoms with Crippen molar-refractivity contribution in [3.8, 4) is 5.75 Å². The second-order valence-electron chi connectivity index (χ2n) is 4.34. The molecule has 110 valence electrons. The van der Waals surface area contributed by atoms with Crippen LogP contribution in [0.4, 0.5) is 0 Å². The van der Waals surface area contributed by atoms with Crippen molar-refractivity contribution in [1.29, 1.82) is 0 Å². The minimum absolute atomic E-state index is 0.121. The van der Waals surface area contributed by atoms with E-state index in [9.17, 15) is 4.79 Å². The van der Waals surface area contributed by atoms with E-state index in [0.29, 0.717) is 18.8 Å². The number of likely N-dealkylation sites (N-methyl/N-ethyl adjacent to an activating group) is 1. The molecule has 2 N–H and O–H groups in total. The number of benzene rings is 1. The predicted octanol–water partition coefficient (Wildman–Crippen LogP) is 1.61. The SMILES string of the molecule is CCN(CCO)Cc1ccc(OC)c(C=CC(=O)O)c1. The topological polar surface area (TPSA) is 70.0 Å². The molecule has 0 aromatic heterocycles. The largest absolute Gasteiger partial charge is 0.496 e. The molecule has 0 bridgehead atoms. The summed E-state index contributed by atoms with van der Waals surface area (Å²) in [5.41, 5.74) is 1.78. The third kappa shape index (κ3) is 5.03. The number of carboxylic acid groups (broad SMARTS) is 1. The van der Waals surface area contributed by atoms with Crippen molar-refractivity contribution in [2.24, 2.45) is 0 Å². The Balaban J connectivity index is 2.93. The molecule has 5 nitrogen and oxygen atoms in total. The lowest BCUT2D eigenvalue weighted by molar-refractivity contribution is -0.131. The normalized spacial score (nSPS) is 11.2.